The summed E-state index contributed by atoms with van der Waals surface area (Å²) in [4.78, 5) is 16.8. The van der Waals surface area contributed by atoms with Gasteiger partial charge < -0.3 is 5.32 Å². The fourth-order valence-electron chi connectivity index (χ4n) is 1.43. The fourth-order valence-corrected chi connectivity index (χ4v) is 2.29. The quantitative estimate of drug-likeness (QED) is 0.870. The zero-order valence-electron chi connectivity index (χ0n) is 9.68. The largest absolute Gasteiger partial charge is 0.321 e. The number of thioether (sulfide) groups is 1. The Labute approximate surface area is 115 Å². The van der Waals surface area contributed by atoms with Crippen LogP contribution in [0.1, 0.15) is 10.5 Å². The third kappa shape index (κ3) is 3.03. The summed E-state index contributed by atoms with van der Waals surface area (Å²) in [6.07, 6.45) is 3.52. The first-order chi connectivity index (χ1) is 8.70. The Kier molecular flexibility index (Phi) is 4.23. The van der Waals surface area contributed by atoms with Crippen molar-refractivity contribution in [2.75, 3.05) is 11.6 Å². The molecule has 92 valence electrons. The van der Waals surface area contributed by atoms with Gasteiger partial charge in [0.1, 0.15) is 5.69 Å². The lowest BCUT2D eigenvalue weighted by molar-refractivity contribution is 0.102. The van der Waals surface area contributed by atoms with Gasteiger partial charge in [-0.25, -0.2) is 0 Å². The van der Waals surface area contributed by atoms with Crippen molar-refractivity contribution in [1.82, 2.24) is 4.98 Å². The molecule has 3 nitrogen and oxygen atoms in total. The minimum atomic E-state index is -0.232. The molecule has 1 aromatic heterocycles. The topological polar surface area (TPSA) is 42.0 Å². The lowest BCUT2D eigenvalue weighted by Crippen LogP contribution is -2.13. The van der Waals surface area contributed by atoms with Crippen LogP contribution in [-0.4, -0.2) is 17.1 Å². The number of nitrogens with one attached hydrogen (secondary N) is 1. The monoisotopic (exact) mass is 278 g/mol. The molecule has 2 aromatic rings. The smallest absolute Gasteiger partial charge is 0.274 e. The van der Waals surface area contributed by atoms with Gasteiger partial charge in [-0.1, -0.05) is 17.7 Å². The maximum Gasteiger partial charge on any atom is 0.274 e. The van der Waals surface area contributed by atoms with Crippen LogP contribution in [0.3, 0.4) is 0 Å². The highest BCUT2D eigenvalue weighted by Gasteiger charge is 2.08. The number of amides is 1. The molecule has 0 radical (unpaired) electrons. The molecule has 2 rings (SSSR count). The normalized spacial score (nSPS) is 10.1. The second-order valence-electron chi connectivity index (χ2n) is 3.52. The third-order valence-corrected chi connectivity index (χ3v) is 3.53. The SMILES string of the molecule is CSc1cc(NC(=O)c2ccccn2)ccc1Cl. The zero-order valence-corrected chi connectivity index (χ0v) is 11.3. The molecular formula is C13H11ClN2OS. The lowest BCUT2D eigenvalue weighted by Gasteiger charge is -2.07. The van der Waals surface area contributed by atoms with Crippen LogP contribution >= 0.6 is 23.4 Å². The summed E-state index contributed by atoms with van der Waals surface area (Å²) in [7, 11) is 0. The molecule has 5 heteroatoms. The summed E-state index contributed by atoms with van der Waals surface area (Å²) in [5.41, 5.74) is 1.09. The first kappa shape index (κ1) is 12.9. The van der Waals surface area contributed by atoms with Crippen LogP contribution in [0.2, 0.25) is 5.02 Å². The number of carbonyl (C=O) groups is 1. The Morgan fingerprint density at radius 3 is 2.83 bits per heavy atom. The van der Waals surface area contributed by atoms with Crippen molar-refractivity contribution in [3.8, 4) is 0 Å². The van der Waals surface area contributed by atoms with E-state index in [0.29, 0.717) is 16.4 Å². The summed E-state index contributed by atoms with van der Waals surface area (Å²) < 4.78 is 0. The van der Waals surface area contributed by atoms with Gasteiger partial charge >= 0.3 is 0 Å². The molecule has 0 aliphatic rings. The van der Waals surface area contributed by atoms with Crippen LogP contribution in [0.15, 0.2) is 47.5 Å². The molecule has 1 heterocycles. The number of rotatable bonds is 3. The number of pyridine rings is 1. The first-order valence-electron chi connectivity index (χ1n) is 5.26. The molecule has 0 unspecified atom stereocenters. The average Bonchev–Trinajstić information content (AvgIpc) is 2.42. The van der Waals surface area contributed by atoms with Gasteiger partial charge in [0, 0.05) is 16.8 Å². The third-order valence-electron chi connectivity index (χ3n) is 2.31. The summed E-state index contributed by atoms with van der Waals surface area (Å²) in [6.45, 7) is 0. The molecule has 1 N–H and O–H groups in total. The molecule has 0 saturated heterocycles. The van der Waals surface area contributed by atoms with Crippen molar-refractivity contribution in [3.63, 3.8) is 0 Å². The molecule has 0 aliphatic carbocycles. The number of nitrogens with zero attached hydrogens (tertiary/aromatic N) is 1. The van der Waals surface area contributed by atoms with Crippen molar-refractivity contribution in [2.45, 2.75) is 4.90 Å². The van der Waals surface area contributed by atoms with Gasteiger partial charge in [0.25, 0.3) is 5.91 Å². The predicted octanol–water partition coefficient (Wildman–Crippen LogP) is 3.71. The number of hydrogen-bond donors (Lipinski definition) is 1. The van der Waals surface area contributed by atoms with E-state index in [0.717, 1.165) is 4.90 Å². The van der Waals surface area contributed by atoms with Gasteiger partial charge in [0.05, 0.1) is 5.02 Å². The maximum atomic E-state index is 11.9. The van der Waals surface area contributed by atoms with E-state index in [9.17, 15) is 4.79 Å². The van der Waals surface area contributed by atoms with E-state index < -0.39 is 0 Å². The summed E-state index contributed by atoms with van der Waals surface area (Å²) in [5, 5.41) is 3.47. The molecule has 1 amide bonds. The van der Waals surface area contributed by atoms with Crippen LogP contribution in [0, 0.1) is 0 Å². The van der Waals surface area contributed by atoms with Crippen LogP contribution in [0.25, 0.3) is 0 Å². The predicted molar refractivity (Wildman–Crippen MR) is 75.4 cm³/mol. The van der Waals surface area contributed by atoms with E-state index in [2.05, 4.69) is 10.3 Å². The average molecular weight is 279 g/mol. The molecule has 18 heavy (non-hydrogen) atoms. The van der Waals surface area contributed by atoms with Gasteiger partial charge in [-0.15, -0.1) is 11.8 Å². The van der Waals surface area contributed by atoms with E-state index >= 15 is 0 Å². The summed E-state index contributed by atoms with van der Waals surface area (Å²) in [6, 6.07) is 10.6. The molecule has 0 spiro atoms. The van der Waals surface area contributed by atoms with E-state index in [4.69, 9.17) is 11.6 Å². The molecule has 0 aliphatic heterocycles. The van der Waals surface area contributed by atoms with E-state index in [-0.39, 0.29) is 5.91 Å². The molecule has 0 atom stereocenters. The Morgan fingerprint density at radius 1 is 1.33 bits per heavy atom. The summed E-state index contributed by atoms with van der Waals surface area (Å²) >= 11 is 7.54. The summed E-state index contributed by atoms with van der Waals surface area (Å²) in [5.74, 6) is -0.232. The molecule has 1 aromatic carbocycles. The number of carbonyl (C=O) groups excluding carboxylic acids is 1. The standard InChI is InChI=1S/C13H11ClN2OS/c1-18-12-8-9(5-6-10(12)14)16-13(17)11-4-2-3-7-15-11/h2-8H,1H3,(H,16,17). The van der Waals surface area contributed by atoms with Gasteiger partial charge in [-0.2, -0.15) is 0 Å². The molecule has 0 fully saturated rings. The van der Waals surface area contributed by atoms with Crippen molar-refractivity contribution < 1.29 is 4.79 Å². The zero-order chi connectivity index (χ0) is 13.0. The number of aromatic nitrogens is 1. The highest BCUT2D eigenvalue weighted by atomic mass is 35.5. The van der Waals surface area contributed by atoms with Crippen molar-refractivity contribution in [3.05, 3.63) is 53.3 Å². The van der Waals surface area contributed by atoms with E-state index in [1.165, 1.54) is 11.8 Å². The number of benzene rings is 1. The molecule has 0 bridgehead atoms. The van der Waals surface area contributed by atoms with Gasteiger partial charge in [-0.05, 0) is 36.6 Å². The second kappa shape index (κ2) is 5.89. The Bertz CT molecular complexity index is 560. The highest BCUT2D eigenvalue weighted by molar-refractivity contribution is 7.98. The van der Waals surface area contributed by atoms with Gasteiger partial charge in [0.2, 0.25) is 0 Å². The maximum absolute atomic E-state index is 11.9. The van der Waals surface area contributed by atoms with Crippen molar-refractivity contribution in [2.24, 2.45) is 0 Å². The number of halogens is 1. The Hall–Kier alpha value is -1.52. The van der Waals surface area contributed by atoms with Crippen LogP contribution < -0.4 is 5.32 Å². The fraction of sp³-hybridized carbons (Fsp3) is 0.0769. The number of anilines is 1. The van der Waals surface area contributed by atoms with Gasteiger partial charge in [-0.3, -0.25) is 9.78 Å². The van der Waals surface area contributed by atoms with Crippen molar-refractivity contribution >= 4 is 35.0 Å². The van der Waals surface area contributed by atoms with Crippen LogP contribution in [0.4, 0.5) is 5.69 Å². The highest BCUT2D eigenvalue weighted by Crippen LogP contribution is 2.28. The minimum Gasteiger partial charge on any atom is -0.321 e. The van der Waals surface area contributed by atoms with E-state index in [1.807, 2.05) is 12.3 Å². The van der Waals surface area contributed by atoms with Gasteiger partial charge in [0.15, 0.2) is 0 Å². The van der Waals surface area contributed by atoms with E-state index in [1.54, 1.807) is 36.5 Å². The Morgan fingerprint density at radius 2 is 2.17 bits per heavy atom. The lowest BCUT2D eigenvalue weighted by atomic mass is 10.3. The van der Waals surface area contributed by atoms with Crippen LogP contribution in [0.5, 0.6) is 0 Å². The van der Waals surface area contributed by atoms with Crippen molar-refractivity contribution in [1.29, 1.82) is 0 Å². The van der Waals surface area contributed by atoms with Crippen LogP contribution in [-0.2, 0) is 0 Å². The first-order valence-corrected chi connectivity index (χ1v) is 6.87. The molecular weight excluding hydrogens is 268 g/mol. The Balaban J connectivity index is 2.17. The minimum absolute atomic E-state index is 0.232. The number of hydrogen-bond acceptors (Lipinski definition) is 3. The molecule has 0 saturated carbocycles. The second-order valence-corrected chi connectivity index (χ2v) is 4.77.